The molecule has 0 aliphatic carbocycles. The van der Waals surface area contributed by atoms with Gasteiger partial charge in [-0.2, -0.15) is 0 Å². The van der Waals surface area contributed by atoms with Crippen LogP contribution in [0.3, 0.4) is 0 Å². The summed E-state index contributed by atoms with van der Waals surface area (Å²) in [6.45, 7) is 3.25. The van der Waals surface area contributed by atoms with E-state index >= 15 is 0 Å². The predicted octanol–water partition coefficient (Wildman–Crippen LogP) is 0.868. The summed E-state index contributed by atoms with van der Waals surface area (Å²) in [5.74, 6) is -0.0117. The lowest BCUT2D eigenvalue weighted by molar-refractivity contribution is -0.112. The number of hydrogen-bond donors (Lipinski definition) is 0. The lowest BCUT2D eigenvalue weighted by Gasteiger charge is -1.94. The second-order valence-corrected chi connectivity index (χ2v) is 5.78. The molecule has 0 aliphatic heterocycles. The zero-order valence-electron chi connectivity index (χ0n) is 7.38. The lowest BCUT2D eigenvalue weighted by Crippen LogP contribution is -1.99. The van der Waals surface area contributed by atoms with Crippen LogP contribution < -0.4 is 0 Å². The molecule has 0 N–H and O–H groups in total. The highest BCUT2D eigenvalue weighted by molar-refractivity contribution is 8.00. The molecule has 2 nitrogen and oxygen atoms in total. The van der Waals surface area contributed by atoms with Crippen molar-refractivity contribution >= 4 is 20.7 Å². The van der Waals surface area contributed by atoms with Crippen LogP contribution in [0.15, 0.2) is 11.6 Å². The molecule has 0 bridgehead atoms. The van der Waals surface area contributed by atoms with E-state index in [0.717, 1.165) is 5.57 Å². The van der Waals surface area contributed by atoms with Crippen LogP contribution in [0.25, 0.3) is 0 Å². The Balaban J connectivity index is 4.69. The molecule has 0 aliphatic rings. The maximum atomic E-state index is 11.2. The average molecular weight is 174 g/mol. The van der Waals surface area contributed by atoms with Crippen LogP contribution in [0.2, 0.25) is 0 Å². The van der Waals surface area contributed by atoms with E-state index in [4.69, 9.17) is 0 Å². The molecule has 0 aromatic carbocycles. The SMILES string of the molecule is CC(=O)/C=C(/C)C=S(C)(C)=O. The summed E-state index contributed by atoms with van der Waals surface area (Å²) in [6, 6.07) is 0. The second-order valence-electron chi connectivity index (χ2n) is 2.93. The minimum atomic E-state index is -1.86. The zero-order chi connectivity index (χ0) is 9.07. The summed E-state index contributed by atoms with van der Waals surface area (Å²) in [6.07, 6.45) is 4.77. The summed E-state index contributed by atoms with van der Waals surface area (Å²) in [4.78, 5) is 10.6. The molecule has 0 spiro atoms. The molecule has 0 rings (SSSR count). The van der Waals surface area contributed by atoms with Crippen molar-refractivity contribution in [3.63, 3.8) is 0 Å². The Labute approximate surface area is 68.3 Å². The number of carbonyl (C=O) groups excluding carboxylic acids is 1. The van der Waals surface area contributed by atoms with E-state index in [1.807, 2.05) is 0 Å². The van der Waals surface area contributed by atoms with Crippen molar-refractivity contribution in [2.24, 2.45) is 0 Å². The van der Waals surface area contributed by atoms with Gasteiger partial charge in [0.1, 0.15) is 0 Å². The standard InChI is InChI=1S/C8H14O2S/c1-7(5-8(2)9)6-11(3,4)10/h5-6H,1-4H3/b7-5-. The van der Waals surface area contributed by atoms with Gasteiger partial charge in [0.2, 0.25) is 0 Å². The quantitative estimate of drug-likeness (QED) is 0.460. The molecule has 64 valence electrons. The minimum absolute atomic E-state index is 0.0117. The maximum Gasteiger partial charge on any atom is 0.152 e. The van der Waals surface area contributed by atoms with Gasteiger partial charge in [-0.3, -0.25) is 9.00 Å². The topological polar surface area (TPSA) is 34.1 Å². The molecule has 0 unspecified atom stereocenters. The normalized spacial score (nSPS) is 12.9. The summed E-state index contributed by atoms with van der Waals surface area (Å²) in [7, 11) is -1.86. The molecule has 0 heterocycles. The number of carbonyl (C=O) groups is 1. The Bertz CT molecular complexity index is 283. The molecule has 0 radical (unpaired) electrons. The first kappa shape index (κ1) is 10.4. The smallest absolute Gasteiger partial charge is 0.152 e. The number of allylic oxidation sites excluding steroid dienone is 2. The van der Waals surface area contributed by atoms with Crippen molar-refractivity contribution in [1.82, 2.24) is 0 Å². The highest BCUT2D eigenvalue weighted by Gasteiger charge is 1.91. The van der Waals surface area contributed by atoms with E-state index < -0.39 is 9.52 Å². The third-order valence-corrected chi connectivity index (χ3v) is 1.84. The average Bonchev–Trinajstić information content (AvgIpc) is 1.53. The second kappa shape index (κ2) is 3.72. The van der Waals surface area contributed by atoms with Gasteiger partial charge in [0.15, 0.2) is 5.78 Å². The van der Waals surface area contributed by atoms with Crippen molar-refractivity contribution in [3.8, 4) is 0 Å². The fraction of sp³-hybridized carbons (Fsp3) is 0.500. The van der Waals surface area contributed by atoms with E-state index in [1.165, 1.54) is 13.0 Å². The molecule has 0 aromatic heterocycles. The first-order chi connectivity index (χ1) is 4.81. The predicted molar refractivity (Wildman–Crippen MR) is 50.5 cm³/mol. The van der Waals surface area contributed by atoms with Crippen molar-refractivity contribution in [3.05, 3.63) is 11.6 Å². The summed E-state index contributed by atoms with van der Waals surface area (Å²) < 4.78 is 11.2. The van der Waals surface area contributed by atoms with E-state index in [0.29, 0.717) is 0 Å². The van der Waals surface area contributed by atoms with Gasteiger partial charge in [-0.15, -0.1) is 0 Å². The highest BCUT2D eigenvalue weighted by Crippen LogP contribution is 1.90. The summed E-state index contributed by atoms with van der Waals surface area (Å²) in [5.41, 5.74) is 0.771. The largest absolute Gasteiger partial charge is 0.295 e. The highest BCUT2D eigenvalue weighted by atomic mass is 32.2. The van der Waals surface area contributed by atoms with Crippen LogP contribution >= 0.6 is 0 Å². The Morgan fingerprint density at radius 3 is 2.00 bits per heavy atom. The molecule has 3 heteroatoms. The third kappa shape index (κ3) is 7.33. The first-order valence-electron chi connectivity index (χ1n) is 3.29. The fourth-order valence-corrected chi connectivity index (χ4v) is 1.77. The van der Waals surface area contributed by atoms with Gasteiger partial charge in [0.25, 0.3) is 0 Å². The molecule has 0 saturated heterocycles. The maximum absolute atomic E-state index is 11.2. The van der Waals surface area contributed by atoms with Crippen molar-refractivity contribution in [2.45, 2.75) is 13.8 Å². The van der Waals surface area contributed by atoms with Crippen LogP contribution in [-0.4, -0.2) is 27.9 Å². The van der Waals surface area contributed by atoms with E-state index in [-0.39, 0.29) is 5.78 Å². The Hall–Kier alpha value is -0.570. The van der Waals surface area contributed by atoms with Gasteiger partial charge in [-0.1, -0.05) is 0 Å². The van der Waals surface area contributed by atoms with Crippen molar-refractivity contribution < 1.29 is 9.00 Å². The van der Waals surface area contributed by atoms with Crippen molar-refractivity contribution in [1.29, 1.82) is 0 Å². The molecule has 0 atom stereocenters. The third-order valence-electron chi connectivity index (χ3n) is 0.901. The number of rotatable bonds is 2. The molecule has 0 amide bonds. The van der Waals surface area contributed by atoms with Gasteiger partial charge in [-0.25, -0.2) is 0 Å². The van der Waals surface area contributed by atoms with Crippen LogP contribution in [0.5, 0.6) is 0 Å². The molecular weight excluding hydrogens is 160 g/mol. The number of hydrogen-bond acceptors (Lipinski definition) is 2. The zero-order valence-corrected chi connectivity index (χ0v) is 8.20. The van der Waals surface area contributed by atoms with Crippen molar-refractivity contribution in [2.75, 3.05) is 12.5 Å². The van der Waals surface area contributed by atoms with Gasteiger partial charge in [0, 0.05) is 12.5 Å². The van der Waals surface area contributed by atoms with Crippen LogP contribution in [0.4, 0.5) is 0 Å². The van der Waals surface area contributed by atoms with Gasteiger partial charge in [0.05, 0.1) is 0 Å². The summed E-state index contributed by atoms with van der Waals surface area (Å²) in [5, 5.41) is 1.62. The van der Waals surface area contributed by atoms with Crippen LogP contribution in [-0.2, 0) is 14.3 Å². The van der Waals surface area contributed by atoms with Crippen LogP contribution in [0.1, 0.15) is 13.8 Å². The lowest BCUT2D eigenvalue weighted by atomic mass is 10.3. The van der Waals surface area contributed by atoms with Crippen LogP contribution in [0, 0.1) is 0 Å². The molecule has 0 saturated carbocycles. The van der Waals surface area contributed by atoms with E-state index in [1.54, 1.807) is 24.8 Å². The Kier molecular flexibility index (Phi) is 3.52. The van der Waals surface area contributed by atoms with E-state index in [2.05, 4.69) is 0 Å². The number of ketones is 1. The first-order valence-corrected chi connectivity index (χ1v) is 5.73. The minimum Gasteiger partial charge on any atom is -0.295 e. The monoisotopic (exact) mass is 174 g/mol. The molecule has 0 aromatic rings. The van der Waals surface area contributed by atoms with Gasteiger partial charge < -0.3 is 0 Å². The fourth-order valence-electron chi connectivity index (χ4n) is 0.802. The molecule has 0 fully saturated rings. The van der Waals surface area contributed by atoms with Gasteiger partial charge >= 0.3 is 0 Å². The molecule has 11 heavy (non-hydrogen) atoms. The van der Waals surface area contributed by atoms with E-state index in [9.17, 15) is 9.00 Å². The Morgan fingerprint density at radius 2 is 1.73 bits per heavy atom. The Morgan fingerprint density at radius 1 is 1.27 bits per heavy atom. The summed E-state index contributed by atoms with van der Waals surface area (Å²) >= 11 is 0. The van der Waals surface area contributed by atoms with Gasteiger partial charge in [-0.05, 0) is 40.4 Å². The molecular formula is C8H14O2S.